The summed E-state index contributed by atoms with van der Waals surface area (Å²) in [5, 5.41) is 0. The summed E-state index contributed by atoms with van der Waals surface area (Å²) in [4.78, 5) is 38.5. The highest BCUT2D eigenvalue weighted by Crippen LogP contribution is 2.19. The van der Waals surface area contributed by atoms with Gasteiger partial charge >= 0.3 is 18.0 Å². The van der Waals surface area contributed by atoms with Crippen molar-refractivity contribution in [3.8, 4) is 0 Å². The third-order valence-electron chi connectivity index (χ3n) is 3.31. The van der Waals surface area contributed by atoms with Crippen LogP contribution >= 0.6 is 0 Å². The van der Waals surface area contributed by atoms with Crippen LogP contribution in [0.2, 0.25) is 0 Å². The van der Waals surface area contributed by atoms with Gasteiger partial charge in [0.05, 0.1) is 13.2 Å². The molecule has 0 spiro atoms. The van der Waals surface area contributed by atoms with Gasteiger partial charge in [-0.2, -0.15) is 0 Å². The molecule has 0 aromatic heterocycles. The van der Waals surface area contributed by atoms with Gasteiger partial charge in [-0.1, -0.05) is 0 Å². The number of likely N-dealkylation sites (N-methyl/N-ethyl adjacent to an activating group) is 1. The number of piperidine rings is 1. The van der Waals surface area contributed by atoms with Crippen molar-refractivity contribution in [3.63, 3.8) is 0 Å². The Kier molecular flexibility index (Phi) is 6.98. The number of nitrogens with zero attached hydrogens (tertiary/aromatic N) is 2. The van der Waals surface area contributed by atoms with E-state index in [1.165, 1.54) is 16.8 Å². The van der Waals surface area contributed by atoms with Crippen LogP contribution in [0.4, 0.5) is 4.79 Å². The van der Waals surface area contributed by atoms with Crippen molar-refractivity contribution >= 4 is 18.0 Å². The Morgan fingerprint density at radius 2 is 1.81 bits per heavy atom. The van der Waals surface area contributed by atoms with Crippen LogP contribution in [0, 0.1) is 0 Å². The fraction of sp³-hybridized carbons (Fsp3) is 0.786. The molecule has 2 amide bonds. The SMILES string of the molecule is CCOC(=O)CN(C)C(=O)N1CCCCC1C(=O)OCC. The Balaban J connectivity index is 2.67. The van der Waals surface area contributed by atoms with Gasteiger partial charge in [-0.3, -0.25) is 4.79 Å². The van der Waals surface area contributed by atoms with Crippen molar-refractivity contribution < 1.29 is 23.9 Å². The Morgan fingerprint density at radius 1 is 1.14 bits per heavy atom. The van der Waals surface area contributed by atoms with E-state index in [4.69, 9.17) is 9.47 Å². The largest absolute Gasteiger partial charge is 0.465 e. The number of amides is 2. The number of ether oxygens (including phenoxy) is 2. The number of carbonyl (C=O) groups excluding carboxylic acids is 3. The van der Waals surface area contributed by atoms with Crippen LogP contribution in [0.15, 0.2) is 0 Å². The average molecular weight is 300 g/mol. The first kappa shape index (κ1) is 17.3. The first-order valence-electron chi connectivity index (χ1n) is 7.35. The molecule has 21 heavy (non-hydrogen) atoms. The van der Waals surface area contributed by atoms with Crippen LogP contribution in [0.25, 0.3) is 0 Å². The monoisotopic (exact) mass is 300 g/mol. The van der Waals surface area contributed by atoms with E-state index in [0.29, 0.717) is 13.0 Å². The molecular formula is C14H24N2O5. The van der Waals surface area contributed by atoms with E-state index in [-0.39, 0.29) is 31.8 Å². The zero-order chi connectivity index (χ0) is 15.8. The number of likely N-dealkylation sites (tertiary alicyclic amines) is 1. The third kappa shape index (κ3) is 4.91. The molecule has 0 N–H and O–H groups in total. The maximum absolute atomic E-state index is 12.4. The Bertz CT molecular complexity index is 386. The van der Waals surface area contributed by atoms with Crippen molar-refractivity contribution in [2.45, 2.75) is 39.2 Å². The smallest absolute Gasteiger partial charge is 0.328 e. The molecular weight excluding hydrogens is 276 g/mol. The first-order chi connectivity index (χ1) is 10.0. The predicted molar refractivity (Wildman–Crippen MR) is 75.6 cm³/mol. The maximum Gasteiger partial charge on any atom is 0.328 e. The molecule has 1 rings (SSSR count). The number of carbonyl (C=O) groups is 3. The second-order valence-corrected chi connectivity index (χ2v) is 4.90. The number of hydrogen-bond donors (Lipinski definition) is 0. The molecule has 0 bridgehead atoms. The molecule has 1 aliphatic rings. The highest BCUT2D eigenvalue weighted by atomic mass is 16.5. The average Bonchev–Trinajstić information content (AvgIpc) is 2.46. The minimum atomic E-state index is -0.559. The fourth-order valence-corrected chi connectivity index (χ4v) is 2.33. The highest BCUT2D eigenvalue weighted by molar-refractivity contribution is 5.86. The van der Waals surface area contributed by atoms with Gasteiger partial charge in [0.15, 0.2) is 0 Å². The van der Waals surface area contributed by atoms with E-state index in [0.717, 1.165) is 12.8 Å². The molecule has 120 valence electrons. The van der Waals surface area contributed by atoms with Crippen molar-refractivity contribution in [2.24, 2.45) is 0 Å². The van der Waals surface area contributed by atoms with E-state index in [2.05, 4.69) is 0 Å². The van der Waals surface area contributed by atoms with Gasteiger partial charge in [-0.15, -0.1) is 0 Å². The van der Waals surface area contributed by atoms with Crippen molar-refractivity contribution in [1.29, 1.82) is 0 Å². The van der Waals surface area contributed by atoms with Crippen LogP contribution in [-0.4, -0.2) is 67.2 Å². The van der Waals surface area contributed by atoms with E-state index >= 15 is 0 Å². The number of esters is 2. The second-order valence-electron chi connectivity index (χ2n) is 4.90. The molecule has 1 atom stereocenters. The summed E-state index contributed by atoms with van der Waals surface area (Å²) in [7, 11) is 1.52. The topological polar surface area (TPSA) is 76.2 Å². The zero-order valence-corrected chi connectivity index (χ0v) is 13.0. The van der Waals surface area contributed by atoms with Crippen LogP contribution in [0.5, 0.6) is 0 Å². The van der Waals surface area contributed by atoms with E-state index in [1.807, 2.05) is 0 Å². The van der Waals surface area contributed by atoms with E-state index in [9.17, 15) is 14.4 Å². The summed E-state index contributed by atoms with van der Waals surface area (Å²) >= 11 is 0. The Labute approximate surface area is 125 Å². The number of urea groups is 1. The van der Waals surface area contributed by atoms with Crippen LogP contribution in [0.1, 0.15) is 33.1 Å². The molecule has 1 fully saturated rings. The maximum atomic E-state index is 12.4. The standard InChI is InChI=1S/C14H24N2O5/c1-4-20-12(17)10-15(3)14(19)16-9-7-6-8-11(16)13(18)21-5-2/h11H,4-10H2,1-3H3. The van der Waals surface area contributed by atoms with Gasteiger partial charge in [0, 0.05) is 13.6 Å². The predicted octanol–water partition coefficient (Wildman–Crippen LogP) is 1.02. The minimum absolute atomic E-state index is 0.126. The molecule has 0 saturated carbocycles. The molecule has 0 aliphatic carbocycles. The molecule has 7 heteroatoms. The number of rotatable bonds is 5. The number of hydrogen-bond acceptors (Lipinski definition) is 5. The molecule has 1 heterocycles. The fourth-order valence-electron chi connectivity index (χ4n) is 2.33. The second kappa shape index (κ2) is 8.49. The Hall–Kier alpha value is -1.79. The van der Waals surface area contributed by atoms with E-state index < -0.39 is 12.0 Å². The zero-order valence-electron chi connectivity index (χ0n) is 13.0. The highest BCUT2D eigenvalue weighted by Gasteiger charge is 2.34. The van der Waals surface area contributed by atoms with Gasteiger partial charge in [0.1, 0.15) is 12.6 Å². The lowest BCUT2D eigenvalue weighted by Crippen LogP contribution is -2.53. The molecule has 1 aliphatic heterocycles. The third-order valence-corrected chi connectivity index (χ3v) is 3.31. The lowest BCUT2D eigenvalue weighted by molar-refractivity contribution is -0.149. The molecule has 1 unspecified atom stereocenters. The van der Waals surface area contributed by atoms with Crippen LogP contribution in [-0.2, 0) is 19.1 Å². The molecule has 0 aromatic carbocycles. The van der Waals surface area contributed by atoms with Crippen LogP contribution < -0.4 is 0 Å². The van der Waals surface area contributed by atoms with Crippen molar-refractivity contribution in [1.82, 2.24) is 9.80 Å². The summed E-state index contributed by atoms with van der Waals surface area (Å²) in [6.45, 7) is 4.38. The van der Waals surface area contributed by atoms with Gasteiger partial charge in [-0.05, 0) is 33.1 Å². The summed E-state index contributed by atoms with van der Waals surface area (Å²) < 4.78 is 9.84. The van der Waals surface area contributed by atoms with E-state index in [1.54, 1.807) is 13.8 Å². The lowest BCUT2D eigenvalue weighted by Gasteiger charge is -2.36. The molecule has 0 aromatic rings. The Morgan fingerprint density at radius 3 is 2.43 bits per heavy atom. The molecule has 1 saturated heterocycles. The lowest BCUT2D eigenvalue weighted by atomic mass is 10.0. The normalized spacial score (nSPS) is 18.0. The van der Waals surface area contributed by atoms with Gasteiger partial charge in [0.25, 0.3) is 0 Å². The van der Waals surface area contributed by atoms with Crippen molar-refractivity contribution in [3.05, 3.63) is 0 Å². The summed E-state index contributed by atoms with van der Waals surface area (Å²) in [5.41, 5.74) is 0. The first-order valence-corrected chi connectivity index (χ1v) is 7.35. The summed E-state index contributed by atoms with van der Waals surface area (Å²) in [5.74, 6) is -0.840. The van der Waals surface area contributed by atoms with Crippen molar-refractivity contribution in [2.75, 3.05) is 33.4 Å². The molecule has 0 radical (unpaired) electrons. The summed E-state index contributed by atoms with van der Waals surface area (Å²) in [6.07, 6.45) is 2.32. The van der Waals surface area contributed by atoms with Crippen LogP contribution in [0.3, 0.4) is 0 Å². The van der Waals surface area contributed by atoms with Gasteiger partial charge in [0.2, 0.25) is 0 Å². The summed E-state index contributed by atoms with van der Waals surface area (Å²) in [6, 6.07) is -0.906. The van der Waals surface area contributed by atoms with Gasteiger partial charge < -0.3 is 19.3 Å². The quantitative estimate of drug-likeness (QED) is 0.709. The molecule has 7 nitrogen and oxygen atoms in total. The minimum Gasteiger partial charge on any atom is -0.465 e. The van der Waals surface area contributed by atoms with Gasteiger partial charge in [-0.25, -0.2) is 9.59 Å².